The predicted molar refractivity (Wildman–Crippen MR) is 95.0 cm³/mol. The van der Waals surface area contributed by atoms with Gasteiger partial charge in [0.1, 0.15) is 5.76 Å². The van der Waals surface area contributed by atoms with Crippen LogP contribution in [0.3, 0.4) is 0 Å². The number of ether oxygens (including phenoxy) is 1. The number of nitrogens with zero attached hydrogens (tertiary/aromatic N) is 1. The molecule has 2 aromatic heterocycles. The van der Waals surface area contributed by atoms with Crippen LogP contribution in [-0.4, -0.2) is 29.1 Å². The molecule has 0 spiro atoms. The number of amides is 1. The molecule has 1 N–H and O–H groups in total. The van der Waals surface area contributed by atoms with E-state index >= 15 is 0 Å². The summed E-state index contributed by atoms with van der Waals surface area (Å²) in [6.45, 7) is 8.48. The number of likely N-dealkylation sites (N-methyl/N-ethyl adjacent to an activating group) is 1. The van der Waals surface area contributed by atoms with E-state index in [4.69, 9.17) is 9.15 Å². The first-order valence-electron chi connectivity index (χ1n) is 8.27. The van der Waals surface area contributed by atoms with E-state index in [1.54, 1.807) is 19.3 Å². The minimum atomic E-state index is -0.816. The zero-order valence-electron chi connectivity index (χ0n) is 15.0. The first-order chi connectivity index (χ1) is 11.9. The summed E-state index contributed by atoms with van der Waals surface area (Å²) >= 11 is 0. The van der Waals surface area contributed by atoms with E-state index in [2.05, 4.69) is 9.88 Å². The summed E-state index contributed by atoms with van der Waals surface area (Å²) in [5.74, 6) is 0.0166. The number of hydrogen-bond acceptors (Lipinski definition) is 4. The fourth-order valence-electron chi connectivity index (χ4n) is 2.54. The molecule has 6 nitrogen and oxygen atoms in total. The second kappa shape index (κ2) is 8.37. The normalized spacial score (nSPS) is 12.3. The molecule has 0 bridgehead atoms. The second-order valence-electron chi connectivity index (χ2n) is 5.80. The molecule has 0 unspecified atom stereocenters. The van der Waals surface area contributed by atoms with Gasteiger partial charge < -0.3 is 19.0 Å². The van der Waals surface area contributed by atoms with Gasteiger partial charge in [0.25, 0.3) is 5.91 Å². The Bertz CT molecular complexity index is 757. The highest BCUT2D eigenvalue weighted by Gasteiger charge is 2.15. The largest absolute Gasteiger partial charge is 0.467 e. The van der Waals surface area contributed by atoms with Crippen LogP contribution in [0.25, 0.3) is 6.08 Å². The van der Waals surface area contributed by atoms with Gasteiger partial charge in [0.2, 0.25) is 0 Å². The van der Waals surface area contributed by atoms with Crippen molar-refractivity contribution in [3.63, 3.8) is 0 Å². The van der Waals surface area contributed by atoms with E-state index < -0.39 is 12.1 Å². The van der Waals surface area contributed by atoms with Crippen LogP contribution in [0.4, 0.5) is 0 Å². The number of esters is 1. The first-order valence-corrected chi connectivity index (χ1v) is 8.27. The summed E-state index contributed by atoms with van der Waals surface area (Å²) in [7, 11) is 0. The molecule has 0 aliphatic carbocycles. The zero-order chi connectivity index (χ0) is 18.4. The van der Waals surface area contributed by atoms with Crippen molar-refractivity contribution in [2.75, 3.05) is 6.54 Å². The van der Waals surface area contributed by atoms with E-state index in [0.717, 1.165) is 22.7 Å². The molecule has 0 radical (unpaired) electrons. The third-order valence-corrected chi connectivity index (χ3v) is 3.92. The summed E-state index contributed by atoms with van der Waals surface area (Å²) in [6.07, 6.45) is 3.88. The van der Waals surface area contributed by atoms with Gasteiger partial charge in [-0.2, -0.15) is 0 Å². The molecule has 134 valence electrons. The monoisotopic (exact) mass is 344 g/mol. The standard InChI is InChI=1S/C19H24N2O4/c1-5-20-19(23)15(4)25-18(22)9-8-16-11-13(2)21(14(16)3)12-17-7-6-10-24-17/h6-11,15H,5,12H2,1-4H3,(H,20,23)/b9-8+/t15-/m1/s1. The second-order valence-corrected chi connectivity index (χ2v) is 5.80. The van der Waals surface area contributed by atoms with Crippen molar-refractivity contribution in [2.24, 2.45) is 0 Å². The Morgan fingerprint density at radius 3 is 2.80 bits per heavy atom. The number of furan rings is 1. The minimum Gasteiger partial charge on any atom is -0.467 e. The Labute approximate surface area is 147 Å². The Morgan fingerprint density at radius 1 is 1.40 bits per heavy atom. The van der Waals surface area contributed by atoms with Gasteiger partial charge in [0.15, 0.2) is 6.10 Å². The lowest BCUT2D eigenvalue weighted by Crippen LogP contribution is -2.35. The van der Waals surface area contributed by atoms with Crippen LogP contribution in [0, 0.1) is 13.8 Å². The summed E-state index contributed by atoms with van der Waals surface area (Å²) < 4.78 is 12.6. The van der Waals surface area contributed by atoms with Gasteiger partial charge in [-0.3, -0.25) is 4.79 Å². The molecule has 0 fully saturated rings. The molecule has 0 saturated heterocycles. The fourth-order valence-corrected chi connectivity index (χ4v) is 2.54. The molecule has 2 heterocycles. The maximum atomic E-state index is 11.9. The molecule has 25 heavy (non-hydrogen) atoms. The van der Waals surface area contributed by atoms with Gasteiger partial charge in [-0.1, -0.05) is 0 Å². The summed E-state index contributed by atoms with van der Waals surface area (Å²) in [5.41, 5.74) is 3.01. The summed E-state index contributed by atoms with van der Waals surface area (Å²) in [6, 6.07) is 5.78. The number of carbonyl (C=O) groups is 2. The zero-order valence-corrected chi connectivity index (χ0v) is 15.0. The average Bonchev–Trinajstić information content (AvgIpc) is 3.17. The van der Waals surface area contributed by atoms with Crippen molar-refractivity contribution < 1.29 is 18.7 Å². The molecular formula is C19H24N2O4. The predicted octanol–water partition coefficient (Wildman–Crippen LogP) is 2.83. The smallest absolute Gasteiger partial charge is 0.331 e. The van der Waals surface area contributed by atoms with Gasteiger partial charge in [0.05, 0.1) is 12.8 Å². The average molecular weight is 344 g/mol. The van der Waals surface area contributed by atoms with E-state index in [1.165, 1.54) is 6.08 Å². The van der Waals surface area contributed by atoms with Gasteiger partial charge in [-0.05, 0) is 57.5 Å². The first kappa shape index (κ1) is 18.6. The van der Waals surface area contributed by atoms with Crippen molar-refractivity contribution in [3.05, 3.63) is 53.2 Å². The molecule has 0 saturated carbocycles. The Morgan fingerprint density at radius 2 is 2.16 bits per heavy atom. The van der Waals surface area contributed by atoms with Crippen LogP contribution in [0.2, 0.25) is 0 Å². The topological polar surface area (TPSA) is 73.5 Å². The van der Waals surface area contributed by atoms with Gasteiger partial charge in [-0.15, -0.1) is 0 Å². The third kappa shape index (κ3) is 4.86. The SMILES string of the molecule is CCNC(=O)[C@@H](C)OC(=O)/C=C/c1cc(C)n(Cc2ccco2)c1C. The quantitative estimate of drug-likeness (QED) is 0.619. The third-order valence-electron chi connectivity index (χ3n) is 3.92. The van der Waals surface area contributed by atoms with E-state index in [-0.39, 0.29) is 5.91 Å². The molecule has 0 aromatic carbocycles. The highest BCUT2D eigenvalue weighted by Crippen LogP contribution is 2.18. The van der Waals surface area contributed by atoms with Crippen molar-refractivity contribution >= 4 is 18.0 Å². The Kier molecular flexibility index (Phi) is 6.22. The molecular weight excluding hydrogens is 320 g/mol. The van der Waals surface area contributed by atoms with E-state index in [1.807, 2.05) is 39.0 Å². The number of aryl methyl sites for hydroxylation is 1. The van der Waals surface area contributed by atoms with Crippen molar-refractivity contribution in [1.29, 1.82) is 0 Å². The van der Waals surface area contributed by atoms with Crippen LogP contribution in [0.1, 0.15) is 36.6 Å². The van der Waals surface area contributed by atoms with Gasteiger partial charge in [0, 0.05) is 24.0 Å². The van der Waals surface area contributed by atoms with Crippen molar-refractivity contribution in [2.45, 2.75) is 40.3 Å². The van der Waals surface area contributed by atoms with Gasteiger partial charge in [-0.25, -0.2) is 4.79 Å². The molecule has 2 aromatic rings. The highest BCUT2D eigenvalue weighted by atomic mass is 16.5. The van der Waals surface area contributed by atoms with Crippen molar-refractivity contribution in [3.8, 4) is 0 Å². The lowest BCUT2D eigenvalue weighted by Gasteiger charge is -2.10. The number of hydrogen-bond donors (Lipinski definition) is 1. The van der Waals surface area contributed by atoms with E-state index in [0.29, 0.717) is 13.1 Å². The summed E-state index contributed by atoms with van der Waals surface area (Å²) in [4.78, 5) is 23.5. The lowest BCUT2D eigenvalue weighted by molar-refractivity contribution is -0.150. The number of carbonyl (C=O) groups excluding carboxylic acids is 2. The van der Waals surface area contributed by atoms with Crippen LogP contribution >= 0.6 is 0 Å². The fraction of sp³-hybridized carbons (Fsp3) is 0.368. The Balaban J connectivity index is 2.03. The number of rotatable bonds is 7. The van der Waals surface area contributed by atoms with Crippen LogP contribution < -0.4 is 5.32 Å². The van der Waals surface area contributed by atoms with E-state index in [9.17, 15) is 9.59 Å². The molecule has 0 aliphatic heterocycles. The van der Waals surface area contributed by atoms with Crippen LogP contribution in [-0.2, 0) is 20.9 Å². The van der Waals surface area contributed by atoms with Crippen LogP contribution in [0.15, 0.2) is 35.0 Å². The molecule has 1 amide bonds. The summed E-state index contributed by atoms with van der Waals surface area (Å²) in [5, 5.41) is 2.61. The molecule has 0 aliphatic rings. The maximum absolute atomic E-state index is 11.9. The minimum absolute atomic E-state index is 0.305. The van der Waals surface area contributed by atoms with Crippen molar-refractivity contribution in [1.82, 2.24) is 9.88 Å². The lowest BCUT2D eigenvalue weighted by atomic mass is 10.2. The highest BCUT2D eigenvalue weighted by molar-refractivity contribution is 5.90. The molecule has 1 atom stereocenters. The molecule has 6 heteroatoms. The van der Waals surface area contributed by atoms with Crippen LogP contribution in [0.5, 0.6) is 0 Å². The maximum Gasteiger partial charge on any atom is 0.331 e. The number of aromatic nitrogens is 1. The molecule has 2 rings (SSSR count). The Hall–Kier alpha value is -2.76. The van der Waals surface area contributed by atoms with Gasteiger partial charge >= 0.3 is 5.97 Å². The number of nitrogens with one attached hydrogen (secondary N) is 1.